The van der Waals surface area contributed by atoms with E-state index in [4.69, 9.17) is 10.5 Å². The molecule has 3 N–H and O–H groups in total. The third kappa shape index (κ3) is 6.52. The zero-order chi connectivity index (χ0) is 15.7. The van der Waals surface area contributed by atoms with Gasteiger partial charge in [-0.15, -0.1) is 0 Å². The van der Waals surface area contributed by atoms with E-state index in [0.717, 1.165) is 25.7 Å². The van der Waals surface area contributed by atoms with Gasteiger partial charge in [0.25, 0.3) is 5.91 Å². The molecule has 0 aliphatic rings. The van der Waals surface area contributed by atoms with Gasteiger partial charge in [0.2, 0.25) is 0 Å². The first-order valence-electron chi connectivity index (χ1n) is 7.85. The SMILES string of the molecule is CCCCCNC(=O)c1ccc(N)c(OCCC(C)C)c1. The molecule has 4 nitrogen and oxygen atoms in total. The fourth-order valence-electron chi connectivity index (χ4n) is 1.88. The molecule has 0 unspecified atom stereocenters. The number of benzene rings is 1. The summed E-state index contributed by atoms with van der Waals surface area (Å²) >= 11 is 0. The Morgan fingerprint density at radius 2 is 2.10 bits per heavy atom. The zero-order valence-electron chi connectivity index (χ0n) is 13.4. The zero-order valence-corrected chi connectivity index (χ0v) is 13.4. The van der Waals surface area contributed by atoms with Gasteiger partial charge in [0, 0.05) is 12.1 Å². The molecule has 0 aromatic heterocycles. The van der Waals surface area contributed by atoms with Gasteiger partial charge in [-0.05, 0) is 37.0 Å². The van der Waals surface area contributed by atoms with Crippen molar-refractivity contribution in [3.8, 4) is 5.75 Å². The van der Waals surface area contributed by atoms with Crippen LogP contribution in [0, 0.1) is 5.92 Å². The van der Waals surface area contributed by atoms with Crippen molar-refractivity contribution in [3.05, 3.63) is 23.8 Å². The van der Waals surface area contributed by atoms with Crippen LogP contribution in [0.15, 0.2) is 18.2 Å². The summed E-state index contributed by atoms with van der Waals surface area (Å²) in [5, 5.41) is 2.92. The summed E-state index contributed by atoms with van der Waals surface area (Å²) in [6.07, 6.45) is 4.25. The monoisotopic (exact) mass is 292 g/mol. The van der Waals surface area contributed by atoms with Crippen molar-refractivity contribution in [3.63, 3.8) is 0 Å². The second kappa shape index (κ2) is 9.27. The standard InChI is InChI=1S/C17H28N2O2/c1-4-5-6-10-19-17(20)14-7-8-15(18)16(12-14)21-11-9-13(2)3/h7-8,12-13H,4-6,9-11,18H2,1-3H3,(H,19,20). The van der Waals surface area contributed by atoms with Gasteiger partial charge in [-0.1, -0.05) is 33.6 Å². The van der Waals surface area contributed by atoms with Crippen molar-refractivity contribution in [1.82, 2.24) is 5.32 Å². The van der Waals surface area contributed by atoms with Crippen LogP contribution in [-0.4, -0.2) is 19.1 Å². The number of unbranched alkanes of at least 4 members (excludes halogenated alkanes) is 2. The number of rotatable bonds is 9. The summed E-state index contributed by atoms with van der Waals surface area (Å²) in [6.45, 7) is 7.76. The second-order valence-electron chi connectivity index (χ2n) is 5.75. The van der Waals surface area contributed by atoms with E-state index < -0.39 is 0 Å². The molecule has 0 fully saturated rings. The van der Waals surface area contributed by atoms with Crippen LogP contribution in [0.3, 0.4) is 0 Å². The Bertz CT molecular complexity index is 444. The van der Waals surface area contributed by atoms with E-state index in [-0.39, 0.29) is 5.91 Å². The van der Waals surface area contributed by atoms with Crippen molar-refractivity contribution >= 4 is 11.6 Å². The van der Waals surface area contributed by atoms with E-state index in [1.165, 1.54) is 0 Å². The molecule has 0 heterocycles. The maximum Gasteiger partial charge on any atom is 0.251 e. The molecule has 0 radical (unpaired) electrons. The summed E-state index contributed by atoms with van der Waals surface area (Å²) in [5.41, 5.74) is 7.06. The van der Waals surface area contributed by atoms with Crippen LogP contribution in [0.2, 0.25) is 0 Å². The van der Waals surface area contributed by atoms with E-state index in [0.29, 0.717) is 36.1 Å². The molecule has 1 amide bonds. The Hall–Kier alpha value is -1.71. The molecule has 118 valence electrons. The maximum atomic E-state index is 12.0. The molecule has 0 aliphatic carbocycles. The number of nitrogen functional groups attached to an aromatic ring is 1. The Labute approximate surface area is 128 Å². The van der Waals surface area contributed by atoms with Crippen LogP contribution >= 0.6 is 0 Å². The third-order valence-electron chi connectivity index (χ3n) is 3.29. The minimum absolute atomic E-state index is 0.0696. The average molecular weight is 292 g/mol. The van der Waals surface area contributed by atoms with Crippen LogP contribution < -0.4 is 15.8 Å². The van der Waals surface area contributed by atoms with Gasteiger partial charge in [0.1, 0.15) is 5.75 Å². The lowest BCUT2D eigenvalue weighted by Crippen LogP contribution is -2.24. The van der Waals surface area contributed by atoms with Gasteiger partial charge < -0.3 is 15.8 Å². The number of carbonyl (C=O) groups is 1. The quantitative estimate of drug-likeness (QED) is 0.540. The Morgan fingerprint density at radius 3 is 2.76 bits per heavy atom. The molecular weight excluding hydrogens is 264 g/mol. The number of hydrogen-bond donors (Lipinski definition) is 2. The topological polar surface area (TPSA) is 64.4 Å². The van der Waals surface area contributed by atoms with E-state index in [1.807, 2.05) is 0 Å². The molecule has 0 spiro atoms. The van der Waals surface area contributed by atoms with Crippen molar-refractivity contribution in [2.75, 3.05) is 18.9 Å². The lowest BCUT2D eigenvalue weighted by molar-refractivity contribution is 0.0952. The normalized spacial score (nSPS) is 10.7. The smallest absolute Gasteiger partial charge is 0.251 e. The molecule has 0 saturated heterocycles. The number of ether oxygens (including phenoxy) is 1. The van der Waals surface area contributed by atoms with Crippen LogP contribution in [0.1, 0.15) is 56.8 Å². The molecule has 1 rings (SSSR count). The fraction of sp³-hybridized carbons (Fsp3) is 0.588. The van der Waals surface area contributed by atoms with Crippen molar-refractivity contribution in [2.45, 2.75) is 46.5 Å². The van der Waals surface area contributed by atoms with Gasteiger partial charge in [0.15, 0.2) is 0 Å². The predicted octanol–water partition coefficient (Wildman–Crippen LogP) is 3.61. The summed E-state index contributed by atoms with van der Waals surface area (Å²) in [4.78, 5) is 12.0. The van der Waals surface area contributed by atoms with Crippen LogP contribution in [0.4, 0.5) is 5.69 Å². The number of amides is 1. The lowest BCUT2D eigenvalue weighted by atomic mass is 10.1. The largest absolute Gasteiger partial charge is 0.491 e. The predicted molar refractivity (Wildman–Crippen MR) is 87.7 cm³/mol. The van der Waals surface area contributed by atoms with E-state index in [2.05, 4.69) is 26.1 Å². The molecule has 0 aliphatic heterocycles. The number of nitrogens with one attached hydrogen (secondary N) is 1. The van der Waals surface area contributed by atoms with Gasteiger partial charge >= 0.3 is 0 Å². The summed E-state index contributed by atoms with van der Waals surface area (Å²) < 4.78 is 5.68. The first kappa shape index (κ1) is 17.3. The fourth-order valence-corrected chi connectivity index (χ4v) is 1.88. The van der Waals surface area contributed by atoms with Crippen LogP contribution in [0.5, 0.6) is 5.75 Å². The van der Waals surface area contributed by atoms with E-state index >= 15 is 0 Å². The minimum atomic E-state index is -0.0696. The van der Waals surface area contributed by atoms with Gasteiger partial charge in [-0.25, -0.2) is 0 Å². The Kier molecular flexibility index (Phi) is 7.65. The highest BCUT2D eigenvalue weighted by molar-refractivity contribution is 5.95. The Balaban J connectivity index is 2.56. The number of carbonyl (C=O) groups excluding carboxylic acids is 1. The number of nitrogens with two attached hydrogens (primary N) is 1. The molecule has 0 bridgehead atoms. The van der Waals surface area contributed by atoms with Crippen molar-refractivity contribution in [1.29, 1.82) is 0 Å². The summed E-state index contributed by atoms with van der Waals surface area (Å²) in [5.74, 6) is 1.10. The second-order valence-corrected chi connectivity index (χ2v) is 5.75. The van der Waals surface area contributed by atoms with Gasteiger partial charge in [0.05, 0.1) is 12.3 Å². The van der Waals surface area contributed by atoms with E-state index in [1.54, 1.807) is 18.2 Å². The first-order chi connectivity index (χ1) is 10.0. The highest BCUT2D eigenvalue weighted by Gasteiger charge is 2.09. The number of hydrogen-bond acceptors (Lipinski definition) is 3. The highest BCUT2D eigenvalue weighted by atomic mass is 16.5. The van der Waals surface area contributed by atoms with Crippen molar-refractivity contribution in [2.24, 2.45) is 5.92 Å². The molecule has 0 atom stereocenters. The molecular formula is C17H28N2O2. The lowest BCUT2D eigenvalue weighted by Gasteiger charge is -2.12. The molecule has 1 aromatic carbocycles. The molecule has 4 heteroatoms. The molecule has 0 saturated carbocycles. The highest BCUT2D eigenvalue weighted by Crippen LogP contribution is 2.23. The van der Waals surface area contributed by atoms with Crippen LogP contribution in [-0.2, 0) is 0 Å². The summed E-state index contributed by atoms with van der Waals surface area (Å²) in [7, 11) is 0. The minimum Gasteiger partial charge on any atom is -0.491 e. The van der Waals surface area contributed by atoms with Gasteiger partial charge in [-0.3, -0.25) is 4.79 Å². The van der Waals surface area contributed by atoms with E-state index in [9.17, 15) is 4.79 Å². The maximum absolute atomic E-state index is 12.0. The summed E-state index contributed by atoms with van der Waals surface area (Å²) in [6, 6.07) is 5.19. The third-order valence-corrected chi connectivity index (χ3v) is 3.29. The van der Waals surface area contributed by atoms with Crippen molar-refractivity contribution < 1.29 is 9.53 Å². The molecule has 21 heavy (non-hydrogen) atoms. The number of anilines is 1. The Morgan fingerprint density at radius 1 is 1.33 bits per heavy atom. The first-order valence-corrected chi connectivity index (χ1v) is 7.85. The average Bonchev–Trinajstić information content (AvgIpc) is 2.45. The van der Waals surface area contributed by atoms with Gasteiger partial charge in [-0.2, -0.15) is 0 Å². The molecule has 1 aromatic rings. The van der Waals surface area contributed by atoms with Crippen LogP contribution in [0.25, 0.3) is 0 Å².